The van der Waals surface area contributed by atoms with E-state index in [2.05, 4.69) is 10.1 Å². The van der Waals surface area contributed by atoms with Crippen LogP contribution < -0.4 is 5.69 Å². The zero-order valence-electron chi connectivity index (χ0n) is 7.19. The Morgan fingerprint density at radius 1 is 1.31 bits per heavy atom. The van der Waals surface area contributed by atoms with Crippen molar-refractivity contribution >= 4 is 0 Å². The van der Waals surface area contributed by atoms with Gasteiger partial charge in [-0.05, 0) is 0 Å². The molecule has 66 valence electrons. The summed E-state index contributed by atoms with van der Waals surface area (Å²) in [5, 5.41) is 2.85. The third-order valence-electron chi connectivity index (χ3n) is 1.82. The van der Waals surface area contributed by atoms with Gasteiger partial charge in [0, 0.05) is 12.6 Å². The summed E-state index contributed by atoms with van der Waals surface area (Å²) >= 11 is 0. The fourth-order valence-corrected chi connectivity index (χ4v) is 1.13. The van der Waals surface area contributed by atoms with Crippen molar-refractivity contribution in [2.24, 2.45) is 7.05 Å². The van der Waals surface area contributed by atoms with Gasteiger partial charge in [-0.3, -0.25) is 5.10 Å². The van der Waals surface area contributed by atoms with E-state index in [0.29, 0.717) is 5.82 Å². The molecule has 4 nitrogen and oxygen atoms in total. The Hall–Kier alpha value is -1.84. The van der Waals surface area contributed by atoms with Crippen LogP contribution in [0.5, 0.6) is 0 Å². The summed E-state index contributed by atoms with van der Waals surface area (Å²) in [6, 6.07) is 9.53. The predicted molar refractivity (Wildman–Crippen MR) is 49.3 cm³/mol. The maximum atomic E-state index is 11.0. The van der Waals surface area contributed by atoms with Crippen LogP contribution in [0.25, 0.3) is 11.4 Å². The number of rotatable bonds is 1. The molecule has 1 aromatic heterocycles. The third kappa shape index (κ3) is 1.38. The van der Waals surface area contributed by atoms with Crippen molar-refractivity contribution in [3.05, 3.63) is 40.8 Å². The fraction of sp³-hybridized carbons (Fsp3) is 0.111. The van der Waals surface area contributed by atoms with Crippen LogP contribution in [0.3, 0.4) is 0 Å². The molecule has 0 aliphatic heterocycles. The van der Waals surface area contributed by atoms with Crippen LogP contribution in [0.15, 0.2) is 35.1 Å². The molecule has 13 heavy (non-hydrogen) atoms. The van der Waals surface area contributed by atoms with Gasteiger partial charge in [0.15, 0.2) is 5.82 Å². The molecule has 1 aromatic carbocycles. The molecule has 0 saturated heterocycles. The lowest BCUT2D eigenvalue weighted by atomic mass is 10.2. The number of nitrogens with zero attached hydrogens (tertiary/aromatic N) is 2. The largest absolute Gasteiger partial charge is 0.363 e. The predicted octanol–water partition coefficient (Wildman–Crippen LogP) is 0.775. The number of nitrogens with one attached hydrogen (secondary N) is 1. The molecule has 0 unspecified atom stereocenters. The summed E-state index contributed by atoms with van der Waals surface area (Å²) in [6.07, 6.45) is 0. The van der Waals surface area contributed by atoms with Gasteiger partial charge in [-0.15, -0.1) is 0 Å². The molecule has 1 heterocycles. The zero-order valence-corrected chi connectivity index (χ0v) is 7.19. The number of benzene rings is 1. The summed E-state index contributed by atoms with van der Waals surface area (Å²) in [4.78, 5) is 14.9. The highest BCUT2D eigenvalue weighted by molar-refractivity contribution is 5.53. The van der Waals surface area contributed by atoms with E-state index in [9.17, 15) is 4.79 Å². The second-order valence-electron chi connectivity index (χ2n) is 2.78. The van der Waals surface area contributed by atoms with Crippen LogP contribution in [0.2, 0.25) is 0 Å². The molecule has 0 radical (unpaired) electrons. The number of H-pyrrole nitrogens is 1. The van der Waals surface area contributed by atoms with E-state index in [1.165, 1.54) is 4.68 Å². The summed E-state index contributed by atoms with van der Waals surface area (Å²) < 4.78 is 1.35. The fourth-order valence-electron chi connectivity index (χ4n) is 1.13. The van der Waals surface area contributed by atoms with E-state index < -0.39 is 0 Å². The average molecular weight is 175 g/mol. The van der Waals surface area contributed by atoms with Crippen molar-refractivity contribution in [3.63, 3.8) is 0 Å². The van der Waals surface area contributed by atoms with Gasteiger partial charge in [-0.2, -0.15) is 4.98 Å². The van der Waals surface area contributed by atoms with Gasteiger partial charge < -0.3 is 0 Å². The first-order valence-electron chi connectivity index (χ1n) is 3.96. The molecule has 0 amide bonds. The lowest BCUT2D eigenvalue weighted by molar-refractivity contribution is 0.736. The first-order valence-corrected chi connectivity index (χ1v) is 3.96. The Morgan fingerprint density at radius 3 is 2.54 bits per heavy atom. The number of aromatic nitrogens is 3. The minimum Gasteiger partial charge on any atom is -0.277 e. The summed E-state index contributed by atoms with van der Waals surface area (Å²) in [5.74, 6) is 0.605. The minimum atomic E-state index is -0.265. The molecule has 2 aromatic rings. The van der Waals surface area contributed by atoms with Crippen molar-refractivity contribution < 1.29 is 0 Å². The van der Waals surface area contributed by atoms with Crippen LogP contribution in [0.1, 0.15) is 0 Å². The molecule has 2 rings (SSSR count). The summed E-state index contributed by atoms with van der Waals surface area (Å²) in [5.41, 5.74) is 0.652. The van der Waals surface area contributed by atoms with Gasteiger partial charge in [0.25, 0.3) is 0 Å². The zero-order chi connectivity index (χ0) is 9.26. The van der Waals surface area contributed by atoms with Gasteiger partial charge in [-0.1, -0.05) is 30.3 Å². The number of aromatic amines is 1. The average Bonchev–Trinajstić information content (AvgIpc) is 2.49. The van der Waals surface area contributed by atoms with Crippen molar-refractivity contribution in [1.82, 2.24) is 14.8 Å². The number of hydrogen-bond donors (Lipinski definition) is 1. The van der Waals surface area contributed by atoms with Gasteiger partial charge in [0.05, 0.1) is 0 Å². The highest BCUT2D eigenvalue weighted by atomic mass is 16.1. The second kappa shape index (κ2) is 2.90. The van der Waals surface area contributed by atoms with E-state index in [1.54, 1.807) is 7.05 Å². The molecule has 0 spiro atoms. The maximum absolute atomic E-state index is 11.0. The van der Waals surface area contributed by atoms with Crippen molar-refractivity contribution in [3.8, 4) is 11.4 Å². The van der Waals surface area contributed by atoms with E-state index in [0.717, 1.165) is 5.56 Å². The first-order chi connectivity index (χ1) is 6.27. The number of aryl methyl sites for hydroxylation is 1. The topological polar surface area (TPSA) is 50.7 Å². The Morgan fingerprint density at radius 2 is 2.00 bits per heavy atom. The molecule has 1 N–H and O–H groups in total. The van der Waals surface area contributed by atoms with Gasteiger partial charge in [0.1, 0.15) is 0 Å². The SMILES string of the molecule is Cn1[nH]c(-c2ccccc2)nc1=O. The van der Waals surface area contributed by atoms with Crippen LogP contribution in [-0.2, 0) is 7.05 Å². The lowest BCUT2D eigenvalue weighted by Crippen LogP contribution is -2.13. The molecule has 0 saturated carbocycles. The molecular weight excluding hydrogens is 166 g/mol. The minimum absolute atomic E-state index is 0.265. The van der Waals surface area contributed by atoms with Crippen LogP contribution in [0, 0.1) is 0 Å². The Labute approximate surface area is 74.8 Å². The van der Waals surface area contributed by atoms with Crippen LogP contribution in [0.4, 0.5) is 0 Å². The van der Waals surface area contributed by atoms with Gasteiger partial charge >= 0.3 is 5.69 Å². The smallest absolute Gasteiger partial charge is 0.277 e. The Balaban J connectivity index is 2.54. The van der Waals surface area contributed by atoms with Gasteiger partial charge in [0.2, 0.25) is 0 Å². The van der Waals surface area contributed by atoms with E-state index in [1.807, 2.05) is 30.3 Å². The van der Waals surface area contributed by atoms with Crippen molar-refractivity contribution in [2.75, 3.05) is 0 Å². The standard InChI is InChI=1S/C9H9N3O/c1-12-9(13)10-8(11-12)7-5-3-2-4-6-7/h2-6H,1H3,(H,10,11,13). The molecule has 0 fully saturated rings. The molecule has 0 bridgehead atoms. The quantitative estimate of drug-likeness (QED) is 0.696. The van der Waals surface area contributed by atoms with Crippen molar-refractivity contribution in [2.45, 2.75) is 0 Å². The highest BCUT2D eigenvalue weighted by Gasteiger charge is 2.02. The lowest BCUT2D eigenvalue weighted by Gasteiger charge is -1.93. The Bertz CT molecular complexity index is 455. The van der Waals surface area contributed by atoms with Gasteiger partial charge in [-0.25, -0.2) is 9.48 Å². The maximum Gasteiger partial charge on any atom is 0.363 e. The van der Waals surface area contributed by atoms with E-state index in [-0.39, 0.29) is 5.69 Å². The monoisotopic (exact) mass is 175 g/mol. The molecule has 0 aliphatic carbocycles. The molecule has 0 aliphatic rings. The molecular formula is C9H9N3O. The van der Waals surface area contributed by atoms with E-state index >= 15 is 0 Å². The molecule has 0 atom stereocenters. The van der Waals surface area contributed by atoms with E-state index in [4.69, 9.17) is 0 Å². The van der Waals surface area contributed by atoms with Crippen LogP contribution >= 0.6 is 0 Å². The molecule has 4 heteroatoms. The van der Waals surface area contributed by atoms with Crippen LogP contribution in [-0.4, -0.2) is 14.8 Å². The normalized spacial score (nSPS) is 10.2. The number of hydrogen-bond acceptors (Lipinski definition) is 2. The Kier molecular flexibility index (Phi) is 1.73. The third-order valence-corrected chi connectivity index (χ3v) is 1.82. The highest BCUT2D eigenvalue weighted by Crippen LogP contribution is 2.10. The second-order valence-corrected chi connectivity index (χ2v) is 2.78. The summed E-state index contributed by atoms with van der Waals surface area (Å²) in [7, 11) is 1.64. The summed E-state index contributed by atoms with van der Waals surface area (Å²) in [6.45, 7) is 0. The van der Waals surface area contributed by atoms with Crippen molar-refractivity contribution in [1.29, 1.82) is 0 Å². The first kappa shape index (κ1) is 7.79.